The number of carbonyl (C=O) groups excluding carboxylic acids is 3. The number of anilines is 1. The van der Waals surface area contributed by atoms with E-state index in [4.69, 9.17) is 4.74 Å². The van der Waals surface area contributed by atoms with Gasteiger partial charge in [0.2, 0.25) is 5.91 Å². The number of rotatable bonds is 6. The molecule has 0 aromatic heterocycles. The number of carbonyl (C=O) groups is 3. The Bertz CT molecular complexity index is 870. The first-order chi connectivity index (χ1) is 12.8. The van der Waals surface area contributed by atoms with Crippen molar-refractivity contribution in [3.63, 3.8) is 0 Å². The lowest BCUT2D eigenvalue weighted by atomic mass is 10.2. The Kier molecular flexibility index (Phi) is 6.53. The summed E-state index contributed by atoms with van der Waals surface area (Å²) in [6.07, 6.45) is 0. The largest absolute Gasteiger partial charge is 0.462 e. The van der Waals surface area contributed by atoms with Crippen molar-refractivity contribution < 1.29 is 32.3 Å². The molecule has 0 bridgehead atoms. The third-order valence-electron chi connectivity index (χ3n) is 3.37. The molecule has 6 nitrogen and oxygen atoms in total. The minimum absolute atomic E-state index is 0.232. The molecule has 0 radical (unpaired) electrons. The molecule has 0 saturated carbocycles. The first kappa shape index (κ1) is 20.0. The van der Waals surface area contributed by atoms with Crippen LogP contribution in [-0.2, 0) is 9.53 Å². The fraction of sp³-hybridized carbons (Fsp3) is 0.167. The second kappa shape index (κ2) is 8.84. The summed E-state index contributed by atoms with van der Waals surface area (Å²) in [5.41, 5.74) is -0.0706. The standard InChI is InChI=1S/C18H15F3N2O4/c1-2-27-18(26)10-3-5-11(6-4-10)23-14(24)9-22-17(25)12-7-8-13(19)16(21)15(12)20/h3-8H,2,9H2,1H3,(H,22,25)(H,23,24). The number of hydrogen-bond donors (Lipinski definition) is 2. The van der Waals surface area contributed by atoms with E-state index in [2.05, 4.69) is 10.6 Å². The number of ether oxygens (including phenoxy) is 1. The van der Waals surface area contributed by atoms with Crippen LogP contribution in [0.5, 0.6) is 0 Å². The van der Waals surface area contributed by atoms with Gasteiger partial charge in [0, 0.05) is 5.69 Å². The highest BCUT2D eigenvalue weighted by Crippen LogP contribution is 2.15. The van der Waals surface area contributed by atoms with Crippen LogP contribution >= 0.6 is 0 Å². The summed E-state index contributed by atoms with van der Waals surface area (Å²) in [5.74, 6) is -7.05. The molecule has 0 fully saturated rings. The van der Waals surface area contributed by atoms with Gasteiger partial charge in [0.1, 0.15) is 0 Å². The minimum atomic E-state index is -1.77. The molecule has 142 valence electrons. The van der Waals surface area contributed by atoms with Gasteiger partial charge in [-0.25, -0.2) is 18.0 Å². The Morgan fingerprint density at radius 3 is 2.26 bits per heavy atom. The Morgan fingerprint density at radius 2 is 1.63 bits per heavy atom. The zero-order valence-corrected chi connectivity index (χ0v) is 14.1. The number of benzene rings is 2. The highest BCUT2D eigenvalue weighted by atomic mass is 19.2. The van der Waals surface area contributed by atoms with Crippen molar-refractivity contribution in [3.05, 3.63) is 65.0 Å². The second-order valence-electron chi connectivity index (χ2n) is 5.25. The van der Waals surface area contributed by atoms with Gasteiger partial charge in [0.25, 0.3) is 5.91 Å². The molecular weight excluding hydrogens is 365 g/mol. The molecule has 27 heavy (non-hydrogen) atoms. The molecular formula is C18H15F3N2O4. The van der Waals surface area contributed by atoms with Crippen molar-refractivity contribution in [2.75, 3.05) is 18.5 Å². The predicted molar refractivity (Wildman–Crippen MR) is 89.7 cm³/mol. The van der Waals surface area contributed by atoms with Crippen LogP contribution in [0.25, 0.3) is 0 Å². The van der Waals surface area contributed by atoms with Crippen LogP contribution in [0.15, 0.2) is 36.4 Å². The normalized spacial score (nSPS) is 10.2. The minimum Gasteiger partial charge on any atom is -0.462 e. The number of esters is 1. The van der Waals surface area contributed by atoms with Crippen LogP contribution in [0.1, 0.15) is 27.6 Å². The number of amides is 2. The van der Waals surface area contributed by atoms with E-state index in [1.807, 2.05) is 0 Å². The predicted octanol–water partition coefficient (Wildman–Crippen LogP) is 2.65. The summed E-state index contributed by atoms with van der Waals surface area (Å²) in [6, 6.07) is 7.20. The van der Waals surface area contributed by atoms with Gasteiger partial charge in [-0.15, -0.1) is 0 Å². The first-order valence-corrected chi connectivity index (χ1v) is 7.82. The molecule has 9 heteroatoms. The molecule has 2 N–H and O–H groups in total. The van der Waals surface area contributed by atoms with Gasteiger partial charge in [0.05, 0.1) is 24.3 Å². The third kappa shape index (κ3) is 5.06. The Labute approximate surface area is 152 Å². The van der Waals surface area contributed by atoms with E-state index in [9.17, 15) is 27.6 Å². The average molecular weight is 380 g/mol. The topological polar surface area (TPSA) is 84.5 Å². The van der Waals surface area contributed by atoms with Crippen LogP contribution in [0.4, 0.5) is 18.9 Å². The number of halogens is 3. The van der Waals surface area contributed by atoms with Crippen molar-refractivity contribution in [3.8, 4) is 0 Å². The molecule has 0 unspecified atom stereocenters. The lowest BCUT2D eigenvalue weighted by molar-refractivity contribution is -0.115. The van der Waals surface area contributed by atoms with Crippen LogP contribution in [-0.4, -0.2) is 30.9 Å². The molecule has 2 aromatic carbocycles. The molecule has 0 saturated heterocycles. The van der Waals surface area contributed by atoms with E-state index in [1.165, 1.54) is 24.3 Å². The highest BCUT2D eigenvalue weighted by Gasteiger charge is 2.19. The fourth-order valence-corrected chi connectivity index (χ4v) is 2.07. The van der Waals surface area contributed by atoms with E-state index in [0.717, 1.165) is 6.07 Å². The monoisotopic (exact) mass is 380 g/mol. The average Bonchev–Trinajstić information content (AvgIpc) is 2.65. The van der Waals surface area contributed by atoms with Crippen LogP contribution < -0.4 is 10.6 Å². The molecule has 0 atom stereocenters. The highest BCUT2D eigenvalue weighted by molar-refractivity contribution is 5.99. The lowest BCUT2D eigenvalue weighted by Crippen LogP contribution is -2.33. The molecule has 0 aliphatic heterocycles. The summed E-state index contributed by atoms with van der Waals surface area (Å²) in [5, 5.41) is 4.55. The maximum Gasteiger partial charge on any atom is 0.338 e. The van der Waals surface area contributed by atoms with Gasteiger partial charge in [-0.1, -0.05) is 0 Å². The number of hydrogen-bond acceptors (Lipinski definition) is 4. The maximum atomic E-state index is 13.5. The summed E-state index contributed by atoms with van der Waals surface area (Å²) >= 11 is 0. The Balaban J connectivity index is 1.92. The molecule has 0 aliphatic rings. The molecule has 0 aliphatic carbocycles. The van der Waals surface area contributed by atoms with Gasteiger partial charge in [-0.3, -0.25) is 9.59 Å². The molecule has 0 heterocycles. The summed E-state index contributed by atoms with van der Waals surface area (Å²) < 4.78 is 44.3. The summed E-state index contributed by atoms with van der Waals surface area (Å²) in [7, 11) is 0. The zero-order chi connectivity index (χ0) is 20.0. The van der Waals surface area contributed by atoms with Crippen molar-refractivity contribution in [1.29, 1.82) is 0 Å². The Morgan fingerprint density at radius 1 is 0.963 bits per heavy atom. The van der Waals surface area contributed by atoms with Crippen LogP contribution in [0, 0.1) is 17.5 Å². The SMILES string of the molecule is CCOC(=O)c1ccc(NC(=O)CNC(=O)c2ccc(F)c(F)c2F)cc1. The maximum absolute atomic E-state index is 13.5. The quantitative estimate of drug-likeness (QED) is 0.596. The summed E-state index contributed by atoms with van der Waals surface area (Å²) in [6.45, 7) is 1.37. The molecule has 2 rings (SSSR count). The lowest BCUT2D eigenvalue weighted by Gasteiger charge is -2.09. The van der Waals surface area contributed by atoms with Crippen LogP contribution in [0.3, 0.4) is 0 Å². The van der Waals surface area contributed by atoms with E-state index in [-0.39, 0.29) is 6.61 Å². The molecule has 2 amide bonds. The van der Waals surface area contributed by atoms with Crippen LogP contribution in [0.2, 0.25) is 0 Å². The zero-order valence-electron chi connectivity index (χ0n) is 14.1. The number of nitrogens with one attached hydrogen (secondary N) is 2. The fourth-order valence-electron chi connectivity index (χ4n) is 2.07. The van der Waals surface area contributed by atoms with Gasteiger partial charge in [-0.05, 0) is 43.3 Å². The van der Waals surface area contributed by atoms with Gasteiger partial charge in [0.15, 0.2) is 17.5 Å². The molecule has 0 spiro atoms. The van der Waals surface area contributed by atoms with E-state index in [1.54, 1.807) is 6.92 Å². The van der Waals surface area contributed by atoms with E-state index < -0.39 is 47.3 Å². The third-order valence-corrected chi connectivity index (χ3v) is 3.37. The first-order valence-electron chi connectivity index (χ1n) is 7.82. The molecule has 2 aromatic rings. The van der Waals surface area contributed by atoms with E-state index >= 15 is 0 Å². The summed E-state index contributed by atoms with van der Waals surface area (Å²) in [4.78, 5) is 35.2. The van der Waals surface area contributed by atoms with Crippen molar-refractivity contribution >= 4 is 23.5 Å². The van der Waals surface area contributed by atoms with Crippen molar-refractivity contribution in [2.45, 2.75) is 6.92 Å². The van der Waals surface area contributed by atoms with Gasteiger partial charge >= 0.3 is 5.97 Å². The van der Waals surface area contributed by atoms with E-state index in [0.29, 0.717) is 17.3 Å². The Hall–Kier alpha value is -3.36. The van der Waals surface area contributed by atoms with Crippen molar-refractivity contribution in [1.82, 2.24) is 5.32 Å². The smallest absolute Gasteiger partial charge is 0.338 e. The van der Waals surface area contributed by atoms with Gasteiger partial charge in [-0.2, -0.15) is 0 Å². The van der Waals surface area contributed by atoms with Gasteiger partial charge < -0.3 is 15.4 Å². The van der Waals surface area contributed by atoms with Crippen molar-refractivity contribution in [2.24, 2.45) is 0 Å². The second-order valence-corrected chi connectivity index (χ2v) is 5.25.